The number of fused-ring (bicyclic) bond motifs is 3. The molecule has 4 aromatic rings. The van der Waals surface area contributed by atoms with E-state index in [0.29, 0.717) is 16.9 Å². The first-order valence-electron chi connectivity index (χ1n) is 10.2. The van der Waals surface area contributed by atoms with Crippen LogP contribution in [0.15, 0.2) is 33.9 Å². The Bertz CT molecular complexity index is 1450. The molecule has 0 saturated heterocycles. The summed E-state index contributed by atoms with van der Waals surface area (Å²) in [4.78, 5) is 42.6. The number of esters is 1. The minimum atomic E-state index is -0.515. The quantitative estimate of drug-likeness (QED) is 0.458. The summed E-state index contributed by atoms with van der Waals surface area (Å²) in [6.07, 6.45) is -0.0568. The average molecular weight is 423 g/mol. The zero-order chi connectivity index (χ0) is 22.4. The van der Waals surface area contributed by atoms with Crippen molar-refractivity contribution in [2.75, 3.05) is 6.61 Å². The van der Waals surface area contributed by atoms with Crippen LogP contribution in [0.5, 0.6) is 0 Å². The number of hydrogen-bond acceptors (Lipinski definition) is 5. The van der Waals surface area contributed by atoms with Crippen molar-refractivity contribution in [3.63, 3.8) is 0 Å². The van der Waals surface area contributed by atoms with Gasteiger partial charge < -0.3 is 4.74 Å². The molecule has 0 aliphatic rings. The van der Waals surface area contributed by atoms with Crippen LogP contribution < -0.4 is 11.2 Å². The highest BCUT2D eigenvalue weighted by atomic mass is 16.5. The van der Waals surface area contributed by atoms with Crippen molar-refractivity contribution in [2.45, 2.75) is 40.7 Å². The number of aromatic nitrogens is 5. The maximum Gasteiger partial charge on any atom is 0.332 e. The average Bonchev–Trinajstić information content (AvgIpc) is 3.22. The summed E-state index contributed by atoms with van der Waals surface area (Å²) in [7, 11) is 1.58. The highest BCUT2D eigenvalue weighted by Crippen LogP contribution is 2.24. The molecule has 0 N–H and O–H groups in total. The van der Waals surface area contributed by atoms with Crippen LogP contribution in [0.2, 0.25) is 0 Å². The maximum absolute atomic E-state index is 13.3. The second-order valence-corrected chi connectivity index (χ2v) is 7.62. The smallest absolute Gasteiger partial charge is 0.332 e. The van der Waals surface area contributed by atoms with E-state index in [-0.39, 0.29) is 19.6 Å². The third kappa shape index (κ3) is 3.17. The molecule has 0 saturated carbocycles. The van der Waals surface area contributed by atoms with E-state index in [0.717, 1.165) is 27.2 Å². The number of rotatable bonds is 5. The second kappa shape index (κ2) is 7.57. The largest absolute Gasteiger partial charge is 0.466 e. The Hall–Kier alpha value is -3.62. The normalized spacial score (nSPS) is 11.5. The summed E-state index contributed by atoms with van der Waals surface area (Å²) >= 11 is 0. The SMILES string of the molecule is CCOC(=O)CCn1c(=O)c2c(nc3n(-c4cccc(C)c4)c(C)c(C)n23)n(C)c1=O. The van der Waals surface area contributed by atoms with Crippen molar-refractivity contribution in [3.05, 3.63) is 62.1 Å². The molecule has 162 valence electrons. The molecule has 9 nitrogen and oxygen atoms in total. The maximum atomic E-state index is 13.3. The molecule has 4 rings (SSSR count). The summed E-state index contributed by atoms with van der Waals surface area (Å²) in [5, 5.41) is 0. The summed E-state index contributed by atoms with van der Waals surface area (Å²) in [6, 6.07) is 8.01. The number of hydrogen-bond donors (Lipinski definition) is 0. The van der Waals surface area contributed by atoms with Crippen molar-refractivity contribution in [1.82, 2.24) is 23.1 Å². The van der Waals surface area contributed by atoms with Gasteiger partial charge in [0.05, 0.1) is 13.0 Å². The number of carbonyl (C=O) groups is 1. The fourth-order valence-corrected chi connectivity index (χ4v) is 3.96. The van der Waals surface area contributed by atoms with Crippen LogP contribution >= 0.6 is 0 Å². The van der Waals surface area contributed by atoms with Crippen LogP contribution in [0.3, 0.4) is 0 Å². The van der Waals surface area contributed by atoms with Gasteiger partial charge >= 0.3 is 11.7 Å². The Balaban J connectivity index is 2.00. The number of aryl methyl sites for hydroxylation is 3. The number of imidazole rings is 2. The Kier molecular flexibility index (Phi) is 5.04. The van der Waals surface area contributed by atoms with Gasteiger partial charge in [-0.1, -0.05) is 12.1 Å². The van der Waals surface area contributed by atoms with Gasteiger partial charge in [-0.25, -0.2) is 4.79 Å². The van der Waals surface area contributed by atoms with Crippen LogP contribution in [0.25, 0.3) is 22.6 Å². The van der Waals surface area contributed by atoms with Gasteiger partial charge in [0, 0.05) is 30.7 Å². The standard InChI is InChI=1S/C22H25N5O4/c1-6-31-17(28)10-11-25-20(29)18-19(24(5)22(25)30)23-21-26(14(3)15(4)27(18)21)16-9-7-8-13(2)12-16/h7-9,12H,6,10-11H2,1-5H3. The van der Waals surface area contributed by atoms with E-state index < -0.39 is 17.2 Å². The van der Waals surface area contributed by atoms with E-state index in [1.165, 1.54) is 4.57 Å². The van der Waals surface area contributed by atoms with Crippen molar-refractivity contribution in [1.29, 1.82) is 0 Å². The van der Waals surface area contributed by atoms with Crippen molar-refractivity contribution < 1.29 is 9.53 Å². The zero-order valence-corrected chi connectivity index (χ0v) is 18.3. The van der Waals surface area contributed by atoms with E-state index >= 15 is 0 Å². The highest BCUT2D eigenvalue weighted by Gasteiger charge is 2.23. The van der Waals surface area contributed by atoms with Crippen LogP contribution in [0.1, 0.15) is 30.3 Å². The van der Waals surface area contributed by atoms with E-state index in [9.17, 15) is 14.4 Å². The lowest BCUT2D eigenvalue weighted by molar-refractivity contribution is -0.143. The fourth-order valence-electron chi connectivity index (χ4n) is 3.96. The first-order chi connectivity index (χ1) is 14.8. The van der Waals surface area contributed by atoms with E-state index in [4.69, 9.17) is 4.74 Å². The summed E-state index contributed by atoms with van der Waals surface area (Å²) < 4.78 is 11.1. The van der Waals surface area contributed by atoms with Gasteiger partial charge in [0.2, 0.25) is 5.78 Å². The minimum Gasteiger partial charge on any atom is -0.466 e. The molecular formula is C22H25N5O4. The topological polar surface area (TPSA) is 92.5 Å². The Morgan fingerprint density at radius 3 is 2.55 bits per heavy atom. The molecule has 0 aliphatic carbocycles. The number of benzene rings is 1. The zero-order valence-electron chi connectivity index (χ0n) is 18.3. The van der Waals surface area contributed by atoms with Gasteiger partial charge in [0.1, 0.15) is 0 Å². The third-order valence-electron chi connectivity index (χ3n) is 5.62. The predicted octanol–water partition coefficient (Wildman–Crippen LogP) is 2.02. The number of carbonyl (C=O) groups excluding carboxylic acids is 1. The monoisotopic (exact) mass is 423 g/mol. The molecule has 3 heterocycles. The second-order valence-electron chi connectivity index (χ2n) is 7.62. The van der Waals surface area contributed by atoms with Gasteiger partial charge in [0.25, 0.3) is 5.56 Å². The van der Waals surface area contributed by atoms with Crippen LogP contribution in [-0.4, -0.2) is 35.7 Å². The number of nitrogens with zero attached hydrogens (tertiary/aromatic N) is 5. The third-order valence-corrected chi connectivity index (χ3v) is 5.62. The lowest BCUT2D eigenvalue weighted by Crippen LogP contribution is -2.40. The van der Waals surface area contributed by atoms with Crippen LogP contribution in [-0.2, 0) is 23.1 Å². The molecule has 31 heavy (non-hydrogen) atoms. The molecule has 0 atom stereocenters. The molecule has 9 heteroatoms. The summed E-state index contributed by atoms with van der Waals surface area (Å²) in [5.41, 5.74) is 3.46. The Morgan fingerprint density at radius 2 is 1.87 bits per heavy atom. The van der Waals surface area contributed by atoms with Gasteiger partial charge in [-0.2, -0.15) is 4.98 Å². The molecule has 3 aromatic heterocycles. The fraction of sp³-hybridized carbons (Fsp3) is 0.364. The molecule has 0 fully saturated rings. The van der Waals surface area contributed by atoms with Crippen molar-refractivity contribution in [2.24, 2.45) is 7.05 Å². The molecule has 0 unspecified atom stereocenters. The first kappa shape index (κ1) is 20.6. The van der Waals surface area contributed by atoms with Crippen molar-refractivity contribution in [3.8, 4) is 5.69 Å². The number of ether oxygens (including phenoxy) is 1. The summed E-state index contributed by atoms with van der Waals surface area (Å²) in [6.45, 7) is 7.81. The molecule has 0 amide bonds. The molecule has 0 aliphatic heterocycles. The molecule has 0 bridgehead atoms. The Labute approximate surface area is 178 Å². The predicted molar refractivity (Wildman–Crippen MR) is 117 cm³/mol. The van der Waals surface area contributed by atoms with Gasteiger partial charge in [-0.3, -0.25) is 27.7 Å². The molecule has 0 radical (unpaired) electrons. The Morgan fingerprint density at radius 1 is 1.13 bits per heavy atom. The van der Waals surface area contributed by atoms with Crippen LogP contribution in [0, 0.1) is 20.8 Å². The van der Waals surface area contributed by atoms with Crippen molar-refractivity contribution >= 4 is 22.9 Å². The van der Waals surface area contributed by atoms with E-state index in [1.807, 2.05) is 49.6 Å². The first-order valence-corrected chi connectivity index (χ1v) is 10.2. The van der Waals surface area contributed by atoms with E-state index in [1.54, 1.807) is 18.4 Å². The molecular weight excluding hydrogens is 398 g/mol. The molecule has 1 aromatic carbocycles. The van der Waals surface area contributed by atoms with E-state index in [2.05, 4.69) is 4.98 Å². The van der Waals surface area contributed by atoms with Gasteiger partial charge in [-0.05, 0) is 45.4 Å². The summed E-state index contributed by atoms with van der Waals surface area (Å²) in [5.74, 6) is 0.110. The van der Waals surface area contributed by atoms with Crippen LogP contribution in [0.4, 0.5) is 0 Å². The minimum absolute atomic E-state index is 0.0515. The van der Waals surface area contributed by atoms with Gasteiger partial charge in [-0.15, -0.1) is 0 Å². The lowest BCUT2D eigenvalue weighted by atomic mass is 10.2. The van der Waals surface area contributed by atoms with Gasteiger partial charge in [0.15, 0.2) is 11.2 Å². The lowest BCUT2D eigenvalue weighted by Gasteiger charge is -2.08. The highest BCUT2D eigenvalue weighted by molar-refractivity contribution is 5.77. The molecule has 0 spiro atoms.